The summed E-state index contributed by atoms with van der Waals surface area (Å²) in [5.41, 5.74) is 8.23. The second-order valence-electron chi connectivity index (χ2n) is 6.36. The summed E-state index contributed by atoms with van der Waals surface area (Å²) in [7, 11) is 0. The highest BCUT2D eigenvalue weighted by molar-refractivity contribution is 8.01. The molecule has 0 aliphatic carbocycles. The number of aryl methyl sites for hydroxylation is 2. The minimum atomic E-state index is -0.494. The minimum Gasteiger partial charge on any atom is -0.325 e. The molecule has 3 amide bonds. The van der Waals surface area contributed by atoms with Crippen LogP contribution in [0.4, 0.5) is 5.69 Å². The van der Waals surface area contributed by atoms with E-state index >= 15 is 0 Å². The van der Waals surface area contributed by atoms with Gasteiger partial charge in [0.05, 0.1) is 11.0 Å². The number of thioether (sulfide) groups is 1. The van der Waals surface area contributed by atoms with Gasteiger partial charge in [-0.3, -0.25) is 25.2 Å². The summed E-state index contributed by atoms with van der Waals surface area (Å²) < 4.78 is 0. The summed E-state index contributed by atoms with van der Waals surface area (Å²) in [6.07, 6.45) is 0.894. The van der Waals surface area contributed by atoms with Gasteiger partial charge in [0.15, 0.2) is 0 Å². The largest absolute Gasteiger partial charge is 0.325 e. The molecule has 0 spiro atoms. The van der Waals surface area contributed by atoms with Crippen molar-refractivity contribution in [3.05, 3.63) is 65.2 Å². The molecule has 2 rings (SSSR count). The van der Waals surface area contributed by atoms with Crippen molar-refractivity contribution >= 4 is 35.2 Å². The Hall–Kier alpha value is -2.80. The molecule has 7 heteroatoms. The summed E-state index contributed by atoms with van der Waals surface area (Å²) in [5.74, 6) is -0.806. The zero-order valence-electron chi connectivity index (χ0n) is 16.2. The number of hydrogen-bond donors (Lipinski definition) is 3. The van der Waals surface area contributed by atoms with Crippen LogP contribution in [0.1, 0.15) is 35.3 Å². The zero-order chi connectivity index (χ0) is 20.5. The highest BCUT2D eigenvalue weighted by Crippen LogP contribution is 2.13. The van der Waals surface area contributed by atoms with Gasteiger partial charge in [-0.25, -0.2) is 0 Å². The van der Waals surface area contributed by atoms with Crippen LogP contribution in [0.2, 0.25) is 0 Å². The van der Waals surface area contributed by atoms with E-state index in [1.807, 2.05) is 50.2 Å². The molecule has 2 aromatic rings. The third-order valence-corrected chi connectivity index (χ3v) is 5.24. The first-order chi connectivity index (χ1) is 13.4. The predicted molar refractivity (Wildman–Crippen MR) is 113 cm³/mol. The van der Waals surface area contributed by atoms with E-state index in [9.17, 15) is 14.4 Å². The van der Waals surface area contributed by atoms with Gasteiger partial charge in [-0.15, -0.1) is 11.8 Å². The van der Waals surface area contributed by atoms with Crippen molar-refractivity contribution in [3.8, 4) is 0 Å². The predicted octanol–water partition coefficient (Wildman–Crippen LogP) is 3.08. The normalized spacial score (nSPS) is 11.4. The molecule has 3 N–H and O–H groups in total. The van der Waals surface area contributed by atoms with Crippen LogP contribution in [-0.4, -0.2) is 28.7 Å². The van der Waals surface area contributed by atoms with E-state index < -0.39 is 5.25 Å². The molecule has 2 aromatic carbocycles. The number of carbonyl (C=O) groups excluding carboxylic acids is 3. The Morgan fingerprint density at radius 2 is 1.61 bits per heavy atom. The number of nitrogens with one attached hydrogen (secondary N) is 3. The van der Waals surface area contributed by atoms with Crippen LogP contribution < -0.4 is 16.2 Å². The minimum absolute atomic E-state index is 0.134. The van der Waals surface area contributed by atoms with E-state index in [2.05, 4.69) is 16.2 Å². The molecule has 1 atom stereocenters. The van der Waals surface area contributed by atoms with Crippen LogP contribution in [0.5, 0.6) is 0 Å². The summed E-state index contributed by atoms with van der Waals surface area (Å²) in [4.78, 5) is 36.2. The molecule has 0 aliphatic heterocycles. The molecule has 28 heavy (non-hydrogen) atoms. The lowest BCUT2D eigenvalue weighted by molar-refractivity contribution is -0.121. The lowest BCUT2D eigenvalue weighted by Crippen LogP contribution is -2.45. The van der Waals surface area contributed by atoms with Crippen LogP contribution in [0.15, 0.2) is 48.5 Å². The van der Waals surface area contributed by atoms with Crippen LogP contribution in [-0.2, 0) is 16.0 Å². The summed E-state index contributed by atoms with van der Waals surface area (Å²) in [6, 6.07) is 14.7. The molecule has 0 heterocycles. The third-order valence-electron chi connectivity index (χ3n) is 4.09. The smallest absolute Gasteiger partial charge is 0.269 e. The van der Waals surface area contributed by atoms with Gasteiger partial charge in [0.25, 0.3) is 11.8 Å². The molecule has 0 fully saturated rings. The molecule has 0 bridgehead atoms. The molecular formula is C21H25N3O3S. The molecule has 0 saturated carbocycles. The summed E-state index contributed by atoms with van der Waals surface area (Å²) in [6.45, 7) is 5.69. The van der Waals surface area contributed by atoms with Gasteiger partial charge in [-0.1, -0.05) is 36.8 Å². The van der Waals surface area contributed by atoms with E-state index in [1.54, 1.807) is 19.1 Å². The third kappa shape index (κ3) is 6.74. The van der Waals surface area contributed by atoms with Crippen molar-refractivity contribution in [1.29, 1.82) is 0 Å². The number of benzene rings is 2. The lowest BCUT2D eigenvalue weighted by atomic mass is 10.1. The van der Waals surface area contributed by atoms with Gasteiger partial charge >= 0.3 is 0 Å². The Morgan fingerprint density at radius 3 is 2.21 bits per heavy atom. The summed E-state index contributed by atoms with van der Waals surface area (Å²) >= 11 is 1.19. The topological polar surface area (TPSA) is 87.3 Å². The Morgan fingerprint density at radius 1 is 0.964 bits per heavy atom. The number of carbonyl (C=O) groups is 3. The van der Waals surface area contributed by atoms with Crippen molar-refractivity contribution in [2.24, 2.45) is 0 Å². The number of anilines is 1. The van der Waals surface area contributed by atoms with Crippen LogP contribution in [0.3, 0.4) is 0 Å². The fourth-order valence-corrected chi connectivity index (χ4v) is 2.98. The first kappa shape index (κ1) is 21.5. The monoisotopic (exact) mass is 399 g/mol. The van der Waals surface area contributed by atoms with E-state index in [-0.39, 0.29) is 23.5 Å². The number of hydrogen-bond acceptors (Lipinski definition) is 4. The zero-order valence-corrected chi connectivity index (χ0v) is 17.1. The second-order valence-corrected chi connectivity index (χ2v) is 7.69. The molecule has 148 valence electrons. The second kappa shape index (κ2) is 10.5. The van der Waals surface area contributed by atoms with Crippen LogP contribution in [0.25, 0.3) is 0 Å². The van der Waals surface area contributed by atoms with Crippen molar-refractivity contribution in [3.63, 3.8) is 0 Å². The first-order valence-electron chi connectivity index (χ1n) is 9.06. The van der Waals surface area contributed by atoms with Gasteiger partial charge in [-0.05, 0) is 50.1 Å². The highest BCUT2D eigenvalue weighted by atomic mass is 32.2. The van der Waals surface area contributed by atoms with E-state index in [4.69, 9.17) is 0 Å². The molecule has 6 nitrogen and oxygen atoms in total. The summed E-state index contributed by atoms with van der Waals surface area (Å²) in [5, 5.41) is 2.29. The maximum absolute atomic E-state index is 12.1. The van der Waals surface area contributed by atoms with Gasteiger partial charge in [-0.2, -0.15) is 0 Å². The van der Waals surface area contributed by atoms with Gasteiger partial charge in [0, 0.05) is 11.3 Å². The quantitative estimate of drug-likeness (QED) is 0.625. The first-order valence-corrected chi connectivity index (χ1v) is 10.1. The van der Waals surface area contributed by atoms with Crippen molar-refractivity contribution < 1.29 is 14.4 Å². The molecule has 0 unspecified atom stereocenters. The lowest BCUT2D eigenvalue weighted by Gasteiger charge is -2.13. The fraction of sp³-hybridized carbons (Fsp3) is 0.286. The maximum atomic E-state index is 12.1. The SMILES string of the molecule is CCc1ccc(C(=O)NNC(=O)[C@H](C)SCC(=O)Nc2ccc(C)cc2)cc1. The van der Waals surface area contributed by atoms with Crippen LogP contribution >= 0.6 is 11.8 Å². The van der Waals surface area contributed by atoms with Gasteiger partial charge < -0.3 is 5.32 Å². The molecule has 0 saturated heterocycles. The molecular weight excluding hydrogens is 374 g/mol. The molecule has 0 aliphatic rings. The number of rotatable bonds is 7. The number of amides is 3. The Balaban J connectivity index is 1.73. The van der Waals surface area contributed by atoms with E-state index in [0.717, 1.165) is 23.2 Å². The number of hydrazine groups is 1. The Labute approximate surface area is 169 Å². The van der Waals surface area contributed by atoms with Gasteiger partial charge in [0.2, 0.25) is 5.91 Å². The maximum Gasteiger partial charge on any atom is 0.269 e. The average Bonchev–Trinajstić information content (AvgIpc) is 2.71. The Bertz CT molecular complexity index is 820. The van der Waals surface area contributed by atoms with E-state index in [1.165, 1.54) is 11.8 Å². The van der Waals surface area contributed by atoms with Crippen molar-refractivity contribution in [2.75, 3.05) is 11.1 Å². The fourth-order valence-electron chi connectivity index (χ4n) is 2.29. The molecule has 0 aromatic heterocycles. The van der Waals surface area contributed by atoms with Crippen molar-refractivity contribution in [1.82, 2.24) is 10.9 Å². The van der Waals surface area contributed by atoms with Crippen LogP contribution in [0, 0.1) is 6.92 Å². The Kier molecular flexibility index (Phi) is 8.07. The van der Waals surface area contributed by atoms with Crippen molar-refractivity contribution in [2.45, 2.75) is 32.4 Å². The highest BCUT2D eigenvalue weighted by Gasteiger charge is 2.16. The molecule has 0 radical (unpaired) electrons. The standard InChI is InChI=1S/C21H25N3O3S/c1-4-16-7-9-17(10-8-16)21(27)24-23-20(26)15(3)28-13-19(25)22-18-11-5-14(2)6-12-18/h5-12,15H,4,13H2,1-3H3,(H,22,25)(H,23,26)(H,24,27)/t15-/m0/s1. The van der Waals surface area contributed by atoms with Gasteiger partial charge in [0.1, 0.15) is 0 Å². The van der Waals surface area contributed by atoms with E-state index in [0.29, 0.717) is 5.56 Å². The average molecular weight is 400 g/mol.